The van der Waals surface area contributed by atoms with E-state index < -0.39 is 38.8 Å². The van der Waals surface area contributed by atoms with Gasteiger partial charge >= 0.3 is 5.97 Å². The minimum atomic E-state index is -3.87. The Balaban J connectivity index is 4.94. The standard InChI is InChI=1S/C9H14N2O5S/c1-3-7(4-10)17(15,16)5-8(9(13)14)11-6(2)12/h7-8H,3,5H2,1-2H3,(H,11,12)(H,13,14). The van der Waals surface area contributed by atoms with Crippen LogP contribution in [0.2, 0.25) is 0 Å². The van der Waals surface area contributed by atoms with Crippen LogP contribution in [0.25, 0.3) is 0 Å². The number of carboxylic acid groups (broad SMARTS) is 1. The molecule has 0 aliphatic carbocycles. The van der Waals surface area contributed by atoms with E-state index in [1.807, 2.05) is 5.32 Å². The van der Waals surface area contributed by atoms with Crippen molar-refractivity contribution in [2.45, 2.75) is 31.6 Å². The Morgan fingerprint density at radius 2 is 2.00 bits per heavy atom. The number of amides is 1. The molecule has 8 heteroatoms. The maximum atomic E-state index is 11.7. The Hall–Kier alpha value is -1.62. The van der Waals surface area contributed by atoms with Crippen molar-refractivity contribution in [2.24, 2.45) is 0 Å². The number of carbonyl (C=O) groups excluding carboxylic acids is 1. The molecule has 96 valence electrons. The molecule has 0 aromatic carbocycles. The van der Waals surface area contributed by atoms with E-state index in [0.29, 0.717) is 0 Å². The Morgan fingerprint density at radius 1 is 1.47 bits per heavy atom. The number of carbonyl (C=O) groups is 2. The summed E-state index contributed by atoms with van der Waals surface area (Å²) in [4.78, 5) is 21.5. The number of rotatable bonds is 6. The van der Waals surface area contributed by atoms with Gasteiger partial charge in [0.2, 0.25) is 5.91 Å². The molecule has 2 N–H and O–H groups in total. The fourth-order valence-electron chi connectivity index (χ4n) is 1.19. The van der Waals surface area contributed by atoms with Gasteiger partial charge in [-0.3, -0.25) is 4.79 Å². The zero-order valence-corrected chi connectivity index (χ0v) is 10.3. The van der Waals surface area contributed by atoms with E-state index in [-0.39, 0.29) is 6.42 Å². The average Bonchev–Trinajstić information content (AvgIpc) is 2.16. The van der Waals surface area contributed by atoms with Gasteiger partial charge in [0.05, 0.1) is 11.8 Å². The molecule has 0 aromatic heterocycles. The topological polar surface area (TPSA) is 124 Å². The van der Waals surface area contributed by atoms with Crippen molar-refractivity contribution in [3.63, 3.8) is 0 Å². The van der Waals surface area contributed by atoms with Crippen molar-refractivity contribution in [3.05, 3.63) is 0 Å². The van der Waals surface area contributed by atoms with Gasteiger partial charge in [-0.15, -0.1) is 0 Å². The second kappa shape index (κ2) is 6.20. The Labute approximate surface area is 99.3 Å². The predicted molar refractivity (Wildman–Crippen MR) is 58.7 cm³/mol. The summed E-state index contributed by atoms with van der Waals surface area (Å²) in [5.74, 6) is -2.87. The Kier molecular flexibility index (Phi) is 5.61. The zero-order valence-electron chi connectivity index (χ0n) is 9.50. The van der Waals surface area contributed by atoms with Crippen LogP contribution in [0.1, 0.15) is 20.3 Å². The van der Waals surface area contributed by atoms with E-state index in [1.54, 1.807) is 6.07 Å². The second-order valence-electron chi connectivity index (χ2n) is 3.45. The highest BCUT2D eigenvalue weighted by Crippen LogP contribution is 2.08. The van der Waals surface area contributed by atoms with E-state index in [1.165, 1.54) is 6.92 Å². The van der Waals surface area contributed by atoms with E-state index >= 15 is 0 Å². The van der Waals surface area contributed by atoms with E-state index in [4.69, 9.17) is 10.4 Å². The molecular weight excluding hydrogens is 248 g/mol. The first-order chi connectivity index (χ1) is 7.74. The van der Waals surface area contributed by atoms with Gasteiger partial charge in [0, 0.05) is 6.92 Å². The van der Waals surface area contributed by atoms with E-state index in [0.717, 1.165) is 6.92 Å². The molecule has 0 saturated heterocycles. The average molecular weight is 262 g/mol. The van der Waals surface area contributed by atoms with Crippen molar-refractivity contribution in [3.8, 4) is 6.07 Å². The fourth-order valence-corrected chi connectivity index (χ4v) is 2.79. The van der Waals surface area contributed by atoms with Crippen LogP contribution in [0.3, 0.4) is 0 Å². The molecule has 2 atom stereocenters. The number of sulfone groups is 1. The lowest BCUT2D eigenvalue weighted by molar-refractivity contribution is -0.140. The molecule has 0 spiro atoms. The molecule has 2 unspecified atom stereocenters. The van der Waals surface area contributed by atoms with Crippen LogP contribution in [0.4, 0.5) is 0 Å². The quantitative estimate of drug-likeness (QED) is 0.651. The number of nitrogens with zero attached hydrogens (tertiary/aromatic N) is 1. The van der Waals surface area contributed by atoms with Crippen molar-refractivity contribution >= 4 is 21.7 Å². The molecule has 0 rings (SSSR count). The van der Waals surface area contributed by atoms with Crippen molar-refractivity contribution < 1.29 is 23.1 Å². The largest absolute Gasteiger partial charge is 0.480 e. The lowest BCUT2D eigenvalue weighted by atomic mass is 10.3. The lowest BCUT2D eigenvalue weighted by Crippen LogP contribution is -2.46. The van der Waals surface area contributed by atoms with Gasteiger partial charge in [-0.2, -0.15) is 5.26 Å². The van der Waals surface area contributed by atoms with Gasteiger partial charge in [-0.25, -0.2) is 13.2 Å². The van der Waals surface area contributed by atoms with Gasteiger partial charge < -0.3 is 10.4 Å². The van der Waals surface area contributed by atoms with Gasteiger partial charge in [0.1, 0.15) is 11.3 Å². The minimum absolute atomic E-state index is 0.0746. The van der Waals surface area contributed by atoms with Crippen LogP contribution >= 0.6 is 0 Å². The maximum absolute atomic E-state index is 11.7. The molecule has 7 nitrogen and oxygen atoms in total. The van der Waals surface area contributed by atoms with Crippen LogP contribution in [0.5, 0.6) is 0 Å². The molecule has 0 aliphatic rings. The van der Waals surface area contributed by atoms with Crippen LogP contribution in [-0.4, -0.2) is 42.4 Å². The summed E-state index contributed by atoms with van der Waals surface area (Å²) in [5.41, 5.74) is 0. The number of nitriles is 1. The molecule has 0 aliphatic heterocycles. The summed E-state index contributed by atoms with van der Waals surface area (Å²) in [6, 6.07) is 0.0681. The molecule has 0 fully saturated rings. The third-order valence-corrected chi connectivity index (χ3v) is 4.13. The van der Waals surface area contributed by atoms with Gasteiger partial charge in [-0.05, 0) is 6.42 Å². The van der Waals surface area contributed by atoms with Crippen LogP contribution in [0, 0.1) is 11.3 Å². The highest BCUT2D eigenvalue weighted by molar-refractivity contribution is 7.92. The zero-order chi connectivity index (χ0) is 13.6. The number of hydrogen-bond donors (Lipinski definition) is 2. The highest BCUT2D eigenvalue weighted by Gasteiger charge is 2.31. The highest BCUT2D eigenvalue weighted by atomic mass is 32.2. The molecule has 1 amide bonds. The van der Waals surface area contributed by atoms with E-state index in [2.05, 4.69) is 0 Å². The fraction of sp³-hybridized carbons (Fsp3) is 0.667. The molecule has 0 bridgehead atoms. The first kappa shape index (κ1) is 15.4. The molecule has 0 aromatic rings. The summed E-state index contributed by atoms with van der Waals surface area (Å²) in [7, 11) is -3.87. The van der Waals surface area contributed by atoms with E-state index in [9.17, 15) is 18.0 Å². The SMILES string of the molecule is CCC(C#N)S(=O)(=O)CC(NC(C)=O)C(=O)O. The molecule has 0 radical (unpaired) electrons. The van der Waals surface area contributed by atoms with Crippen LogP contribution < -0.4 is 5.32 Å². The summed E-state index contributed by atoms with van der Waals surface area (Å²) >= 11 is 0. The molecule has 0 saturated carbocycles. The van der Waals surface area contributed by atoms with Gasteiger partial charge in [0.15, 0.2) is 9.84 Å². The molecule has 0 heterocycles. The molecular formula is C9H14N2O5S. The lowest BCUT2D eigenvalue weighted by Gasteiger charge is -2.15. The van der Waals surface area contributed by atoms with Crippen LogP contribution in [-0.2, 0) is 19.4 Å². The second-order valence-corrected chi connectivity index (χ2v) is 5.67. The smallest absolute Gasteiger partial charge is 0.327 e. The van der Waals surface area contributed by atoms with Crippen molar-refractivity contribution in [1.29, 1.82) is 5.26 Å². The predicted octanol–water partition coefficient (Wildman–Crippen LogP) is -0.707. The number of hydrogen-bond acceptors (Lipinski definition) is 5. The molecule has 17 heavy (non-hydrogen) atoms. The Morgan fingerprint density at radius 3 is 2.29 bits per heavy atom. The summed E-state index contributed by atoms with van der Waals surface area (Å²) in [6.45, 7) is 2.60. The van der Waals surface area contributed by atoms with Gasteiger partial charge in [0.25, 0.3) is 0 Å². The normalized spacial score (nSPS) is 14.4. The first-order valence-electron chi connectivity index (χ1n) is 4.85. The summed E-state index contributed by atoms with van der Waals surface area (Å²) < 4.78 is 23.3. The third kappa shape index (κ3) is 4.82. The maximum Gasteiger partial charge on any atom is 0.327 e. The number of aliphatic carboxylic acids is 1. The van der Waals surface area contributed by atoms with Crippen LogP contribution in [0.15, 0.2) is 0 Å². The number of carboxylic acids is 1. The Bertz CT molecular complexity index is 437. The summed E-state index contributed by atoms with van der Waals surface area (Å²) in [5, 5.41) is 18.1. The third-order valence-electron chi connectivity index (χ3n) is 2.02. The summed E-state index contributed by atoms with van der Waals surface area (Å²) in [6.07, 6.45) is 0.0746. The number of nitrogens with one attached hydrogen (secondary N) is 1. The van der Waals surface area contributed by atoms with Crippen molar-refractivity contribution in [1.82, 2.24) is 5.32 Å². The minimum Gasteiger partial charge on any atom is -0.480 e. The monoisotopic (exact) mass is 262 g/mol. The van der Waals surface area contributed by atoms with Crippen molar-refractivity contribution in [2.75, 3.05) is 5.75 Å². The first-order valence-corrected chi connectivity index (χ1v) is 6.57. The van der Waals surface area contributed by atoms with Gasteiger partial charge in [-0.1, -0.05) is 6.92 Å².